The predicted octanol–water partition coefficient (Wildman–Crippen LogP) is 2.02. The largest absolute Gasteiger partial charge is 0.391 e. The maximum atomic E-state index is 9.78. The van der Waals surface area contributed by atoms with Crippen molar-refractivity contribution in [1.29, 1.82) is 0 Å². The van der Waals surface area contributed by atoms with Gasteiger partial charge in [-0.3, -0.25) is 0 Å². The van der Waals surface area contributed by atoms with Crippen molar-refractivity contribution in [2.75, 3.05) is 23.8 Å². The van der Waals surface area contributed by atoms with Crippen molar-refractivity contribution >= 4 is 11.6 Å². The number of anilines is 2. The van der Waals surface area contributed by atoms with E-state index in [-0.39, 0.29) is 0 Å². The molecule has 0 aliphatic rings. The van der Waals surface area contributed by atoms with Gasteiger partial charge in [0.2, 0.25) is 0 Å². The Labute approximate surface area is 121 Å². The van der Waals surface area contributed by atoms with E-state index in [1.54, 1.807) is 6.92 Å². The van der Waals surface area contributed by atoms with Crippen LogP contribution in [0.2, 0.25) is 0 Å². The molecule has 6 heteroatoms. The summed E-state index contributed by atoms with van der Waals surface area (Å²) in [6.07, 6.45) is -0.504. The quantitative estimate of drug-likeness (QED) is 0.677. The number of aromatic nitrogens is 2. The Morgan fingerprint density at radius 1 is 1.30 bits per heavy atom. The van der Waals surface area contributed by atoms with Crippen LogP contribution in [-0.2, 0) is 11.3 Å². The summed E-state index contributed by atoms with van der Waals surface area (Å²) >= 11 is 0. The smallest absolute Gasteiger partial charge is 0.158 e. The van der Waals surface area contributed by atoms with Crippen molar-refractivity contribution in [3.05, 3.63) is 11.9 Å². The van der Waals surface area contributed by atoms with Gasteiger partial charge < -0.3 is 20.5 Å². The summed E-state index contributed by atoms with van der Waals surface area (Å²) in [5, 5.41) is 16.2. The van der Waals surface area contributed by atoms with E-state index in [0.717, 1.165) is 12.4 Å². The molecule has 3 N–H and O–H groups in total. The topological polar surface area (TPSA) is 79.3 Å². The SMILES string of the molecule is CCNc1cc(NC(C)(C)C(C)O)nc(COCC)n1. The van der Waals surface area contributed by atoms with Crippen molar-refractivity contribution in [1.82, 2.24) is 9.97 Å². The van der Waals surface area contributed by atoms with Gasteiger partial charge in [0.05, 0.1) is 11.6 Å². The van der Waals surface area contributed by atoms with Crippen LogP contribution in [0.5, 0.6) is 0 Å². The van der Waals surface area contributed by atoms with Gasteiger partial charge in [-0.25, -0.2) is 9.97 Å². The van der Waals surface area contributed by atoms with E-state index in [2.05, 4.69) is 20.6 Å². The molecule has 0 fully saturated rings. The predicted molar refractivity (Wildman–Crippen MR) is 80.9 cm³/mol. The molecule has 0 spiro atoms. The molecule has 0 saturated carbocycles. The fourth-order valence-electron chi connectivity index (χ4n) is 1.53. The Hall–Kier alpha value is -1.40. The molecule has 0 aliphatic carbocycles. The lowest BCUT2D eigenvalue weighted by Crippen LogP contribution is -2.42. The lowest BCUT2D eigenvalue weighted by molar-refractivity contribution is 0.127. The third-order valence-corrected chi connectivity index (χ3v) is 3.06. The van der Waals surface area contributed by atoms with Crippen molar-refractivity contribution < 1.29 is 9.84 Å². The summed E-state index contributed by atoms with van der Waals surface area (Å²) < 4.78 is 5.36. The second-order valence-electron chi connectivity index (χ2n) is 5.24. The Balaban J connectivity index is 2.96. The number of nitrogens with one attached hydrogen (secondary N) is 2. The third kappa shape index (κ3) is 4.94. The Morgan fingerprint density at radius 2 is 1.95 bits per heavy atom. The molecule has 6 nitrogen and oxygen atoms in total. The Bertz CT molecular complexity index is 422. The molecule has 0 aromatic carbocycles. The summed E-state index contributed by atoms with van der Waals surface area (Å²) in [5.74, 6) is 2.05. The van der Waals surface area contributed by atoms with Crippen LogP contribution in [0.15, 0.2) is 6.07 Å². The number of aliphatic hydroxyl groups excluding tert-OH is 1. The second kappa shape index (κ2) is 7.40. The number of ether oxygens (including phenoxy) is 1. The van der Waals surface area contributed by atoms with E-state index >= 15 is 0 Å². The molecule has 0 aliphatic heterocycles. The molecule has 1 heterocycles. The lowest BCUT2D eigenvalue weighted by atomic mass is 9.99. The van der Waals surface area contributed by atoms with Crippen LogP contribution in [0, 0.1) is 0 Å². The summed E-state index contributed by atoms with van der Waals surface area (Å²) in [4.78, 5) is 8.81. The fraction of sp³-hybridized carbons (Fsp3) is 0.714. The van der Waals surface area contributed by atoms with Gasteiger partial charge in [0, 0.05) is 19.2 Å². The first-order valence-electron chi connectivity index (χ1n) is 7.04. The zero-order valence-electron chi connectivity index (χ0n) is 13.0. The number of aliphatic hydroxyl groups is 1. The van der Waals surface area contributed by atoms with Crippen LogP contribution in [0.1, 0.15) is 40.4 Å². The van der Waals surface area contributed by atoms with Gasteiger partial charge >= 0.3 is 0 Å². The summed E-state index contributed by atoms with van der Waals surface area (Å²) in [6.45, 7) is 11.3. The maximum Gasteiger partial charge on any atom is 0.158 e. The van der Waals surface area contributed by atoms with Crippen molar-refractivity contribution in [3.63, 3.8) is 0 Å². The average Bonchev–Trinajstić information content (AvgIpc) is 2.35. The fourth-order valence-corrected chi connectivity index (χ4v) is 1.53. The molecular formula is C14H26N4O2. The Morgan fingerprint density at radius 3 is 2.50 bits per heavy atom. The van der Waals surface area contributed by atoms with Crippen molar-refractivity contribution in [3.8, 4) is 0 Å². The first-order valence-corrected chi connectivity index (χ1v) is 7.04. The summed E-state index contributed by atoms with van der Waals surface area (Å²) in [6, 6.07) is 1.84. The van der Waals surface area contributed by atoms with E-state index in [1.165, 1.54) is 0 Å². The summed E-state index contributed by atoms with van der Waals surface area (Å²) in [5.41, 5.74) is -0.472. The second-order valence-corrected chi connectivity index (χ2v) is 5.24. The molecule has 114 valence electrons. The first-order chi connectivity index (χ1) is 9.39. The molecule has 0 saturated heterocycles. The van der Waals surface area contributed by atoms with E-state index in [0.29, 0.717) is 24.9 Å². The van der Waals surface area contributed by atoms with Gasteiger partial charge in [-0.1, -0.05) is 0 Å². The lowest BCUT2D eigenvalue weighted by Gasteiger charge is -2.30. The molecule has 0 bridgehead atoms. The molecule has 20 heavy (non-hydrogen) atoms. The minimum absolute atomic E-state index is 0.375. The molecule has 1 rings (SSSR count). The van der Waals surface area contributed by atoms with Gasteiger partial charge in [0.15, 0.2) is 5.82 Å². The minimum atomic E-state index is -0.504. The van der Waals surface area contributed by atoms with E-state index in [1.807, 2.05) is 33.8 Å². The van der Waals surface area contributed by atoms with Crippen LogP contribution in [0.4, 0.5) is 11.6 Å². The van der Waals surface area contributed by atoms with Gasteiger partial charge in [-0.2, -0.15) is 0 Å². The van der Waals surface area contributed by atoms with Crippen LogP contribution < -0.4 is 10.6 Å². The number of rotatable bonds is 8. The van der Waals surface area contributed by atoms with Gasteiger partial charge in [-0.05, 0) is 34.6 Å². The highest BCUT2D eigenvalue weighted by molar-refractivity contribution is 5.49. The average molecular weight is 282 g/mol. The zero-order chi connectivity index (χ0) is 15.2. The number of nitrogens with zero attached hydrogens (tertiary/aromatic N) is 2. The van der Waals surface area contributed by atoms with Crippen molar-refractivity contribution in [2.45, 2.75) is 52.9 Å². The first kappa shape index (κ1) is 16.7. The van der Waals surface area contributed by atoms with Gasteiger partial charge in [0.1, 0.15) is 18.2 Å². The molecule has 1 unspecified atom stereocenters. The molecule has 1 aromatic rings. The standard InChI is InChI=1S/C14H26N4O2/c1-6-15-11-8-12(18-14(4,5)10(3)19)17-13(16-11)9-20-7-2/h8,10,19H,6-7,9H2,1-5H3,(H2,15,16,17,18). The highest BCUT2D eigenvalue weighted by Gasteiger charge is 2.24. The van der Waals surface area contributed by atoms with Gasteiger partial charge in [0.25, 0.3) is 0 Å². The molecule has 1 aromatic heterocycles. The van der Waals surface area contributed by atoms with E-state index in [4.69, 9.17) is 4.74 Å². The number of hydrogen-bond donors (Lipinski definition) is 3. The minimum Gasteiger partial charge on any atom is -0.391 e. The molecule has 0 amide bonds. The summed E-state index contributed by atoms with van der Waals surface area (Å²) in [7, 11) is 0. The van der Waals surface area contributed by atoms with E-state index < -0.39 is 11.6 Å². The molecule has 1 atom stereocenters. The maximum absolute atomic E-state index is 9.78. The van der Waals surface area contributed by atoms with Crippen LogP contribution in [0.3, 0.4) is 0 Å². The monoisotopic (exact) mass is 282 g/mol. The third-order valence-electron chi connectivity index (χ3n) is 3.06. The van der Waals surface area contributed by atoms with Crippen molar-refractivity contribution in [2.24, 2.45) is 0 Å². The highest BCUT2D eigenvalue weighted by Crippen LogP contribution is 2.19. The molecule has 0 radical (unpaired) electrons. The van der Waals surface area contributed by atoms with E-state index in [9.17, 15) is 5.11 Å². The van der Waals surface area contributed by atoms with Gasteiger partial charge in [-0.15, -0.1) is 0 Å². The molecular weight excluding hydrogens is 256 g/mol. The van der Waals surface area contributed by atoms with Crippen LogP contribution >= 0.6 is 0 Å². The van der Waals surface area contributed by atoms with Crippen LogP contribution in [0.25, 0.3) is 0 Å². The zero-order valence-corrected chi connectivity index (χ0v) is 13.0. The highest BCUT2D eigenvalue weighted by atomic mass is 16.5. The van der Waals surface area contributed by atoms with Crippen LogP contribution in [-0.4, -0.2) is 39.9 Å². The number of hydrogen-bond acceptors (Lipinski definition) is 6. The normalized spacial score (nSPS) is 13.1. The Kier molecular flexibility index (Phi) is 6.16.